The Hall–Kier alpha value is -1.94. The van der Waals surface area contributed by atoms with Crippen molar-refractivity contribution in [1.29, 1.82) is 5.41 Å². The van der Waals surface area contributed by atoms with Gasteiger partial charge >= 0.3 is 0 Å². The number of guanidine groups is 1. The van der Waals surface area contributed by atoms with E-state index >= 15 is 0 Å². The first-order valence-electron chi connectivity index (χ1n) is 17.9. The summed E-state index contributed by atoms with van der Waals surface area (Å²) in [5.74, 6) is 0.519. The standard InChI is InChI=1S/C12H27N.C7H10N2.C6H12N2.C6H15N.C5H13N3/c1-4-7-10-13(11-8-5-2)12-9-6-3;1-9(2)7-3-5-8-6-4-7;1-2-8-5-3-7(1)4-6-8;1-4-7(5-2)6-3;1-7(2)5(6)8(3)4/h4-12H2,1-3H3;3-6H,1-2H3;1-6H2;4-6H2,1-3H3;6H,1-4H3. The molecule has 0 radical (unpaired) electrons. The van der Waals surface area contributed by atoms with Crippen LogP contribution in [0, 0.1) is 5.41 Å². The third-order valence-corrected chi connectivity index (χ3v) is 8.05. The highest BCUT2D eigenvalue weighted by molar-refractivity contribution is 5.75. The predicted molar refractivity (Wildman–Crippen MR) is 201 cm³/mol. The van der Waals surface area contributed by atoms with E-state index in [1.165, 1.54) is 123 Å². The molecule has 0 unspecified atom stereocenters. The predicted octanol–water partition coefficient (Wildman–Crippen LogP) is 5.85. The first kappa shape index (κ1) is 45.2. The average molecular weight is 636 g/mol. The van der Waals surface area contributed by atoms with Crippen LogP contribution in [0.2, 0.25) is 0 Å². The van der Waals surface area contributed by atoms with Crippen molar-refractivity contribution in [3.63, 3.8) is 0 Å². The number of nitrogens with one attached hydrogen (secondary N) is 1. The molecule has 0 amide bonds. The summed E-state index contributed by atoms with van der Waals surface area (Å²) in [5.41, 5.74) is 1.19. The lowest BCUT2D eigenvalue weighted by molar-refractivity contribution is 0.0647. The molecule has 1 N–H and O–H groups in total. The van der Waals surface area contributed by atoms with Crippen LogP contribution in [0.3, 0.4) is 0 Å². The molecule has 1 aromatic rings. The van der Waals surface area contributed by atoms with E-state index in [2.05, 4.69) is 66.1 Å². The van der Waals surface area contributed by atoms with Crippen LogP contribution in [0.1, 0.15) is 80.1 Å². The van der Waals surface area contributed by atoms with Crippen molar-refractivity contribution in [2.75, 3.05) is 126 Å². The molecule has 9 nitrogen and oxygen atoms in total. The normalized spacial score (nSPS) is 16.1. The molecule has 266 valence electrons. The number of rotatable bonds is 13. The molecular weight excluding hydrogens is 558 g/mol. The number of piperazine rings is 3. The molecule has 45 heavy (non-hydrogen) atoms. The van der Waals surface area contributed by atoms with Crippen LogP contribution >= 0.6 is 0 Å². The summed E-state index contributed by atoms with van der Waals surface area (Å²) in [6.07, 6.45) is 11.7. The Balaban J connectivity index is 0. The molecule has 0 aliphatic carbocycles. The van der Waals surface area contributed by atoms with E-state index in [1.54, 1.807) is 22.2 Å². The summed E-state index contributed by atoms with van der Waals surface area (Å²) in [5, 5.41) is 7.25. The van der Waals surface area contributed by atoms with Crippen LogP contribution in [0.15, 0.2) is 24.5 Å². The average Bonchev–Trinajstić information content (AvgIpc) is 3.07. The molecular formula is C36H77N9. The minimum absolute atomic E-state index is 0.519. The van der Waals surface area contributed by atoms with Crippen molar-refractivity contribution in [3.8, 4) is 0 Å². The molecule has 0 aromatic carbocycles. The van der Waals surface area contributed by atoms with Crippen molar-refractivity contribution >= 4 is 11.6 Å². The van der Waals surface area contributed by atoms with Gasteiger partial charge in [0.15, 0.2) is 5.96 Å². The van der Waals surface area contributed by atoms with Crippen LogP contribution < -0.4 is 4.90 Å². The quantitative estimate of drug-likeness (QED) is 0.214. The number of anilines is 1. The number of pyridine rings is 1. The number of hydrogen-bond acceptors (Lipinski definition) is 7. The van der Waals surface area contributed by atoms with Gasteiger partial charge in [-0.25, -0.2) is 0 Å². The molecule has 1 aromatic heterocycles. The lowest BCUT2D eigenvalue weighted by Crippen LogP contribution is -2.55. The summed E-state index contributed by atoms with van der Waals surface area (Å²) >= 11 is 0. The maximum atomic E-state index is 7.25. The summed E-state index contributed by atoms with van der Waals surface area (Å²) < 4.78 is 0. The second-order valence-corrected chi connectivity index (χ2v) is 12.4. The Morgan fingerprint density at radius 3 is 1.09 bits per heavy atom. The van der Waals surface area contributed by atoms with Gasteiger partial charge in [-0.2, -0.15) is 0 Å². The molecule has 3 aliphatic rings. The highest BCUT2D eigenvalue weighted by Crippen LogP contribution is 2.07. The maximum absolute atomic E-state index is 7.25. The topological polar surface area (TPSA) is 59.4 Å². The van der Waals surface area contributed by atoms with Crippen molar-refractivity contribution in [2.24, 2.45) is 0 Å². The molecule has 3 aliphatic heterocycles. The van der Waals surface area contributed by atoms with Crippen LogP contribution in [0.25, 0.3) is 0 Å². The highest BCUT2D eigenvalue weighted by atomic mass is 15.3. The summed E-state index contributed by atoms with van der Waals surface area (Å²) in [6, 6.07) is 3.94. The lowest BCUT2D eigenvalue weighted by Gasteiger charge is -2.41. The zero-order valence-corrected chi connectivity index (χ0v) is 32.1. The third-order valence-electron chi connectivity index (χ3n) is 8.05. The Bertz CT molecular complexity index is 689. The highest BCUT2D eigenvalue weighted by Gasteiger charge is 2.21. The molecule has 2 bridgehead atoms. The van der Waals surface area contributed by atoms with Gasteiger partial charge in [0.25, 0.3) is 0 Å². The minimum Gasteiger partial charge on any atom is -0.378 e. The Morgan fingerprint density at radius 2 is 0.933 bits per heavy atom. The minimum atomic E-state index is 0.519. The number of unbranched alkanes of at least 4 members (excludes halogenated alkanes) is 3. The Kier molecular flexibility index (Phi) is 30.8. The lowest BCUT2D eigenvalue weighted by atomic mass is 10.2. The fraction of sp³-hybridized carbons (Fsp3) is 0.833. The second-order valence-electron chi connectivity index (χ2n) is 12.4. The monoisotopic (exact) mass is 636 g/mol. The molecule has 9 heteroatoms. The van der Waals surface area contributed by atoms with Crippen molar-refractivity contribution < 1.29 is 0 Å². The molecule has 0 atom stereocenters. The van der Waals surface area contributed by atoms with E-state index in [0.29, 0.717) is 5.96 Å². The van der Waals surface area contributed by atoms with Crippen molar-refractivity contribution in [1.82, 2.24) is 34.4 Å². The van der Waals surface area contributed by atoms with E-state index < -0.39 is 0 Å². The maximum Gasteiger partial charge on any atom is 0.192 e. The zero-order chi connectivity index (χ0) is 34.5. The number of nitrogens with zero attached hydrogens (tertiary/aromatic N) is 8. The van der Waals surface area contributed by atoms with E-state index in [4.69, 9.17) is 5.41 Å². The number of fused-ring (bicyclic) bond motifs is 3. The molecule has 4 heterocycles. The van der Waals surface area contributed by atoms with Crippen LogP contribution in [0.4, 0.5) is 5.69 Å². The summed E-state index contributed by atoms with van der Waals surface area (Å²) in [6.45, 7) is 28.8. The molecule has 4 rings (SSSR count). The molecule has 0 spiro atoms. The van der Waals surface area contributed by atoms with Crippen LogP contribution in [-0.4, -0.2) is 161 Å². The number of aromatic nitrogens is 1. The zero-order valence-electron chi connectivity index (χ0n) is 32.1. The van der Waals surface area contributed by atoms with Crippen LogP contribution in [0.5, 0.6) is 0 Å². The van der Waals surface area contributed by atoms with E-state index in [-0.39, 0.29) is 0 Å². The second kappa shape index (κ2) is 30.7. The van der Waals surface area contributed by atoms with E-state index in [0.717, 1.165) is 0 Å². The van der Waals surface area contributed by atoms with E-state index in [1.807, 2.05) is 59.3 Å². The first-order valence-corrected chi connectivity index (χ1v) is 17.9. The fourth-order valence-corrected chi connectivity index (χ4v) is 4.71. The van der Waals surface area contributed by atoms with Crippen molar-refractivity contribution in [2.45, 2.75) is 80.1 Å². The van der Waals surface area contributed by atoms with Gasteiger partial charge in [0.05, 0.1) is 0 Å². The molecule has 0 saturated carbocycles. The first-order chi connectivity index (χ1) is 21.5. The van der Waals surface area contributed by atoms with Crippen molar-refractivity contribution in [3.05, 3.63) is 24.5 Å². The Labute approximate surface area is 281 Å². The van der Waals surface area contributed by atoms with Crippen LogP contribution in [-0.2, 0) is 0 Å². The molecule has 3 saturated heterocycles. The van der Waals surface area contributed by atoms with Gasteiger partial charge in [0.2, 0.25) is 0 Å². The summed E-state index contributed by atoms with van der Waals surface area (Å²) in [4.78, 5) is 19.5. The third kappa shape index (κ3) is 25.9. The summed E-state index contributed by atoms with van der Waals surface area (Å²) in [7, 11) is 11.4. The fourth-order valence-electron chi connectivity index (χ4n) is 4.71. The van der Waals surface area contributed by atoms with Gasteiger partial charge in [-0.3, -0.25) is 20.2 Å². The number of hydrogen-bond donors (Lipinski definition) is 1. The van der Waals surface area contributed by atoms with Gasteiger partial charge in [-0.15, -0.1) is 0 Å². The molecule has 3 fully saturated rings. The SMILES string of the molecule is C1CN2CCN1CC2.CCCCN(CCCC)CCCC.CCN(CC)CC.CN(C)C(=N)N(C)C.CN(C)c1ccncc1. The van der Waals surface area contributed by atoms with E-state index in [9.17, 15) is 0 Å². The van der Waals surface area contributed by atoms with Gasteiger partial charge < -0.3 is 24.5 Å². The van der Waals surface area contributed by atoms with Gasteiger partial charge in [-0.05, 0) is 70.7 Å². The van der Waals surface area contributed by atoms with Gasteiger partial charge in [0.1, 0.15) is 0 Å². The van der Waals surface area contributed by atoms with Gasteiger partial charge in [0, 0.05) is 99.6 Å². The largest absolute Gasteiger partial charge is 0.378 e. The smallest absolute Gasteiger partial charge is 0.192 e. The Morgan fingerprint density at radius 1 is 0.600 bits per heavy atom. The van der Waals surface area contributed by atoms with Gasteiger partial charge in [-0.1, -0.05) is 60.8 Å².